The van der Waals surface area contributed by atoms with Crippen molar-refractivity contribution in [1.29, 1.82) is 0 Å². The molecule has 4 heteroatoms. The van der Waals surface area contributed by atoms with Crippen LogP contribution in [0.25, 0.3) is 0 Å². The largest absolute Gasteiger partial charge is 0.466 e. The Kier molecular flexibility index (Phi) is 5.96. The number of aldehydes is 1. The highest BCUT2D eigenvalue weighted by atomic mass is 28.4. The molecule has 1 unspecified atom stereocenters. The van der Waals surface area contributed by atoms with E-state index in [0.717, 1.165) is 30.0 Å². The number of carbonyl (C=O) groups excluding carboxylic acids is 1. The van der Waals surface area contributed by atoms with Gasteiger partial charge in [-0.2, -0.15) is 0 Å². The van der Waals surface area contributed by atoms with Gasteiger partial charge in [0.2, 0.25) is 0 Å². The first-order chi connectivity index (χ1) is 11.1. The third-order valence-electron chi connectivity index (χ3n) is 4.77. The maximum Gasteiger partial charge on any atom is 0.194 e. The van der Waals surface area contributed by atoms with Crippen LogP contribution in [0.15, 0.2) is 53.1 Å². The van der Waals surface area contributed by atoms with E-state index in [4.69, 9.17) is 8.84 Å². The molecule has 0 saturated carbocycles. The summed E-state index contributed by atoms with van der Waals surface area (Å²) < 4.78 is 12.3. The second kappa shape index (κ2) is 7.75. The Bertz CT molecular complexity index is 582. The maximum atomic E-state index is 12.2. The molecule has 0 bridgehead atoms. The molecule has 1 aromatic heterocycles. The van der Waals surface area contributed by atoms with Crippen molar-refractivity contribution in [1.82, 2.24) is 0 Å². The molecule has 0 saturated heterocycles. The Labute approximate surface area is 139 Å². The van der Waals surface area contributed by atoms with Crippen LogP contribution in [0.5, 0.6) is 0 Å². The quantitative estimate of drug-likeness (QED) is 0.483. The lowest BCUT2D eigenvalue weighted by Gasteiger charge is -2.38. The summed E-state index contributed by atoms with van der Waals surface area (Å²) in [7, 11) is -1.98. The van der Waals surface area contributed by atoms with Crippen LogP contribution >= 0.6 is 0 Å². The SMILES string of the molecule is CC[Si](CC)(CC)OC(C=O)(Cc1ccccc1)c1ccco1. The van der Waals surface area contributed by atoms with Gasteiger partial charge in [-0.15, -0.1) is 0 Å². The fraction of sp³-hybridized carbons (Fsp3) is 0.421. The smallest absolute Gasteiger partial charge is 0.194 e. The number of benzene rings is 1. The first-order valence-corrected chi connectivity index (χ1v) is 10.9. The van der Waals surface area contributed by atoms with Gasteiger partial charge in [-0.1, -0.05) is 51.1 Å². The molecule has 0 aliphatic rings. The molecule has 3 nitrogen and oxygen atoms in total. The molecule has 0 amide bonds. The molecule has 1 atom stereocenters. The van der Waals surface area contributed by atoms with E-state index in [2.05, 4.69) is 20.8 Å². The molecule has 0 spiro atoms. The number of rotatable bonds is 9. The molecular formula is C19H26O3Si. The van der Waals surface area contributed by atoms with E-state index in [-0.39, 0.29) is 0 Å². The molecule has 2 rings (SSSR count). The van der Waals surface area contributed by atoms with Crippen molar-refractivity contribution in [2.75, 3.05) is 0 Å². The number of carbonyl (C=O) groups is 1. The maximum absolute atomic E-state index is 12.2. The molecule has 2 aromatic rings. The van der Waals surface area contributed by atoms with Gasteiger partial charge in [0, 0.05) is 6.42 Å². The Morgan fingerprint density at radius 1 is 1.04 bits per heavy atom. The lowest BCUT2D eigenvalue weighted by atomic mass is 9.93. The van der Waals surface area contributed by atoms with Gasteiger partial charge in [0.25, 0.3) is 0 Å². The molecular weight excluding hydrogens is 304 g/mol. The van der Waals surface area contributed by atoms with E-state index in [1.165, 1.54) is 0 Å². The van der Waals surface area contributed by atoms with E-state index >= 15 is 0 Å². The highest BCUT2D eigenvalue weighted by Crippen LogP contribution is 2.36. The van der Waals surface area contributed by atoms with Crippen LogP contribution in [-0.4, -0.2) is 14.6 Å². The minimum absolute atomic E-state index is 0.500. The monoisotopic (exact) mass is 330 g/mol. The predicted molar refractivity (Wildman–Crippen MR) is 94.9 cm³/mol. The molecule has 0 radical (unpaired) electrons. The summed E-state index contributed by atoms with van der Waals surface area (Å²) in [6, 6.07) is 16.6. The standard InChI is InChI=1S/C19H26O3Si/c1-4-23(5-2,6-3)22-19(16-20,18-13-10-14-21-18)15-17-11-8-7-9-12-17/h7-14,16H,4-6,15H2,1-3H3. The van der Waals surface area contributed by atoms with Crippen molar-refractivity contribution in [3.63, 3.8) is 0 Å². The summed E-state index contributed by atoms with van der Waals surface area (Å²) in [5, 5.41) is 0. The Morgan fingerprint density at radius 3 is 2.17 bits per heavy atom. The van der Waals surface area contributed by atoms with Gasteiger partial charge < -0.3 is 8.84 Å². The molecule has 1 heterocycles. The first kappa shape index (κ1) is 17.7. The zero-order valence-corrected chi connectivity index (χ0v) is 15.2. The number of hydrogen-bond donors (Lipinski definition) is 0. The summed E-state index contributed by atoms with van der Waals surface area (Å²) in [6.45, 7) is 6.50. The first-order valence-electron chi connectivity index (χ1n) is 8.38. The fourth-order valence-electron chi connectivity index (χ4n) is 3.07. The minimum atomic E-state index is -1.98. The Morgan fingerprint density at radius 2 is 1.70 bits per heavy atom. The van der Waals surface area contributed by atoms with Gasteiger partial charge in [-0.25, -0.2) is 0 Å². The van der Waals surface area contributed by atoms with Gasteiger partial charge in [-0.3, -0.25) is 4.79 Å². The van der Waals surface area contributed by atoms with Crippen LogP contribution in [0, 0.1) is 0 Å². The third kappa shape index (κ3) is 3.82. The topological polar surface area (TPSA) is 39.4 Å². The van der Waals surface area contributed by atoms with Gasteiger partial charge in [0.15, 0.2) is 20.2 Å². The van der Waals surface area contributed by atoms with Crippen molar-refractivity contribution < 1.29 is 13.6 Å². The van der Waals surface area contributed by atoms with Crippen molar-refractivity contribution in [3.8, 4) is 0 Å². The van der Waals surface area contributed by atoms with E-state index in [0.29, 0.717) is 12.2 Å². The molecule has 124 valence electrons. The van der Waals surface area contributed by atoms with Crippen LogP contribution in [0.3, 0.4) is 0 Å². The van der Waals surface area contributed by atoms with E-state index in [1.54, 1.807) is 6.26 Å². The lowest BCUT2D eigenvalue weighted by Crippen LogP contribution is -2.47. The Balaban J connectivity index is 2.44. The average Bonchev–Trinajstić information content (AvgIpc) is 3.15. The van der Waals surface area contributed by atoms with Crippen LogP contribution in [0.2, 0.25) is 18.1 Å². The predicted octanol–water partition coefficient (Wildman–Crippen LogP) is 4.94. The average molecular weight is 331 g/mol. The van der Waals surface area contributed by atoms with Gasteiger partial charge in [0.05, 0.1) is 6.26 Å². The number of hydrogen-bond acceptors (Lipinski definition) is 3. The molecule has 1 aromatic carbocycles. The zero-order chi connectivity index (χ0) is 16.8. The molecule has 23 heavy (non-hydrogen) atoms. The summed E-state index contributed by atoms with van der Waals surface area (Å²) in [5.74, 6) is 0.601. The van der Waals surface area contributed by atoms with Gasteiger partial charge in [0.1, 0.15) is 5.76 Å². The van der Waals surface area contributed by atoms with E-state index in [9.17, 15) is 4.79 Å². The van der Waals surface area contributed by atoms with E-state index < -0.39 is 13.9 Å². The zero-order valence-electron chi connectivity index (χ0n) is 14.2. The fourth-order valence-corrected chi connectivity index (χ4v) is 6.00. The highest BCUT2D eigenvalue weighted by Gasteiger charge is 2.44. The van der Waals surface area contributed by atoms with Crippen molar-refractivity contribution in [2.45, 2.75) is 50.9 Å². The summed E-state index contributed by atoms with van der Waals surface area (Å²) in [5.41, 5.74) is 0.0428. The van der Waals surface area contributed by atoms with Gasteiger partial charge in [-0.05, 0) is 35.8 Å². The van der Waals surface area contributed by atoms with Crippen LogP contribution < -0.4 is 0 Å². The second-order valence-corrected chi connectivity index (χ2v) is 10.7. The molecule has 0 N–H and O–H groups in total. The molecule has 0 aliphatic carbocycles. The molecule has 0 aliphatic heterocycles. The third-order valence-corrected chi connectivity index (χ3v) is 9.43. The summed E-state index contributed by atoms with van der Waals surface area (Å²) in [4.78, 5) is 12.2. The summed E-state index contributed by atoms with van der Waals surface area (Å²) >= 11 is 0. The van der Waals surface area contributed by atoms with Crippen LogP contribution in [-0.2, 0) is 21.2 Å². The normalized spacial score (nSPS) is 14.4. The van der Waals surface area contributed by atoms with Crippen molar-refractivity contribution >= 4 is 14.6 Å². The Hall–Kier alpha value is -1.65. The second-order valence-electron chi connectivity index (χ2n) is 5.99. The van der Waals surface area contributed by atoms with Crippen molar-refractivity contribution in [2.24, 2.45) is 0 Å². The van der Waals surface area contributed by atoms with Crippen molar-refractivity contribution in [3.05, 3.63) is 60.1 Å². The van der Waals surface area contributed by atoms with Gasteiger partial charge >= 0.3 is 0 Å². The lowest BCUT2D eigenvalue weighted by molar-refractivity contribution is -0.124. The molecule has 0 fully saturated rings. The van der Waals surface area contributed by atoms with E-state index in [1.807, 2.05) is 42.5 Å². The minimum Gasteiger partial charge on any atom is -0.466 e. The highest BCUT2D eigenvalue weighted by molar-refractivity contribution is 6.73. The summed E-state index contributed by atoms with van der Waals surface area (Å²) in [6.07, 6.45) is 3.04. The van der Waals surface area contributed by atoms with Crippen LogP contribution in [0.1, 0.15) is 32.1 Å². The van der Waals surface area contributed by atoms with Crippen LogP contribution in [0.4, 0.5) is 0 Å². The number of furan rings is 1.